The van der Waals surface area contributed by atoms with Crippen LogP contribution in [-0.4, -0.2) is 32.5 Å². The third-order valence-electron chi connectivity index (χ3n) is 3.43. The van der Waals surface area contributed by atoms with Gasteiger partial charge in [0.15, 0.2) is 0 Å². The van der Waals surface area contributed by atoms with Crippen LogP contribution in [-0.2, 0) is 0 Å². The first-order valence-corrected chi connectivity index (χ1v) is 14.2. The van der Waals surface area contributed by atoms with Gasteiger partial charge in [-0.25, -0.2) is 0 Å². The largest absolute Gasteiger partial charge is 0.424 e. The first kappa shape index (κ1) is 28.5. The number of nitrogens with zero attached hydrogens (tertiary/aromatic N) is 3. The topological polar surface area (TPSA) is 66.4 Å². The second-order valence-electron chi connectivity index (χ2n) is 5.43. The van der Waals surface area contributed by atoms with E-state index >= 15 is 0 Å². The van der Waals surface area contributed by atoms with Gasteiger partial charge in [-0.05, 0) is 53.9 Å². The number of halogens is 3. The Morgan fingerprint density at radius 1 is 0.394 bits per heavy atom. The normalized spacial score (nSPS) is 8.91. The van der Waals surface area contributed by atoms with Gasteiger partial charge in [0, 0.05) is 0 Å². The molecule has 1 aromatic heterocycles. The SMILES string of the molecule is CBr.CBr.CBr.c1ccc(Oc2nc(Oc3ccccc3)nc(Oc3ccccc3)n2)cc1. The van der Waals surface area contributed by atoms with E-state index in [1.165, 1.54) is 0 Å². The fourth-order valence-corrected chi connectivity index (χ4v) is 2.24. The minimum atomic E-state index is 0.0769. The summed E-state index contributed by atoms with van der Waals surface area (Å²) in [5.74, 6) is 7.23. The molecule has 4 rings (SSSR count). The summed E-state index contributed by atoms with van der Waals surface area (Å²) < 4.78 is 17.1. The predicted molar refractivity (Wildman–Crippen MR) is 144 cm³/mol. The molecule has 3 aromatic carbocycles. The maximum atomic E-state index is 5.71. The van der Waals surface area contributed by atoms with Crippen molar-refractivity contribution in [3.8, 4) is 35.3 Å². The highest BCUT2D eigenvalue weighted by molar-refractivity contribution is 9.09. The van der Waals surface area contributed by atoms with Crippen molar-refractivity contribution in [1.82, 2.24) is 15.0 Å². The molecule has 0 aliphatic rings. The van der Waals surface area contributed by atoms with Crippen LogP contribution in [0.5, 0.6) is 35.3 Å². The minimum Gasteiger partial charge on any atom is -0.424 e. The van der Waals surface area contributed by atoms with Crippen molar-refractivity contribution in [2.24, 2.45) is 0 Å². The zero-order chi connectivity index (χ0) is 24.3. The Morgan fingerprint density at radius 3 is 0.818 bits per heavy atom. The third kappa shape index (κ3) is 10.8. The highest BCUT2D eigenvalue weighted by Crippen LogP contribution is 2.26. The van der Waals surface area contributed by atoms with Gasteiger partial charge in [-0.1, -0.05) is 102 Å². The molecule has 0 aliphatic carbocycles. The second-order valence-corrected chi connectivity index (χ2v) is 5.43. The van der Waals surface area contributed by atoms with Gasteiger partial charge in [0.05, 0.1) is 0 Å². The van der Waals surface area contributed by atoms with Gasteiger partial charge in [0.2, 0.25) is 0 Å². The van der Waals surface area contributed by atoms with E-state index < -0.39 is 0 Å². The predicted octanol–water partition coefficient (Wildman–Crippen LogP) is 8.28. The summed E-state index contributed by atoms with van der Waals surface area (Å²) in [5.41, 5.74) is 0. The van der Waals surface area contributed by atoms with Crippen molar-refractivity contribution in [2.45, 2.75) is 0 Å². The molecular weight excluding hydrogens is 618 g/mol. The van der Waals surface area contributed by atoms with E-state index in [2.05, 4.69) is 62.7 Å². The Morgan fingerprint density at radius 2 is 0.606 bits per heavy atom. The van der Waals surface area contributed by atoms with Crippen LogP contribution in [0.15, 0.2) is 91.0 Å². The number of hydrogen-bond donors (Lipinski definition) is 0. The number of benzene rings is 3. The summed E-state index contributed by atoms with van der Waals surface area (Å²) in [6, 6.07) is 27.9. The Kier molecular flexibility index (Phi) is 15.6. The van der Waals surface area contributed by atoms with Gasteiger partial charge in [0.1, 0.15) is 17.2 Å². The van der Waals surface area contributed by atoms with Gasteiger partial charge in [-0.2, -0.15) is 0 Å². The van der Waals surface area contributed by atoms with Crippen LogP contribution in [0.1, 0.15) is 0 Å². The molecule has 174 valence electrons. The van der Waals surface area contributed by atoms with Crippen molar-refractivity contribution in [2.75, 3.05) is 17.5 Å². The number of ether oxygens (including phenoxy) is 3. The van der Waals surface area contributed by atoms with Crippen molar-refractivity contribution in [3.05, 3.63) is 91.0 Å². The lowest BCUT2D eigenvalue weighted by atomic mass is 10.3. The summed E-state index contributed by atoms with van der Waals surface area (Å²) in [4.78, 5) is 12.7. The molecule has 4 aromatic rings. The molecule has 33 heavy (non-hydrogen) atoms. The summed E-state index contributed by atoms with van der Waals surface area (Å²) in [7, 11) is 0. The number of aromatic nitrogens is 3. The molecule has 6 nitrogen and oxygen atoms in total. The van der Waals surface area contributed by atoms with Crippen molar-refractivity contribution < 1.29 is 14.2 Å². The molecule has 9 heteroatoms. The first-order chi connectivity index (χ1) is 16.3. The molecule has 0 unspecified atom stereocenters. The van der Waals surface area contributed by atoms with Crippen molar-refractivity contribution in [1.29, 1.82) is 0 Å². The molecule has 0 saturated heterocycles. The van der Waals surface area contributed by atoms with Crippen LogP contribution < -0.4 is 14.2 Å². The summed E-state index contributed by atoms with van der Waals surface area (Å²) in [6.07, 6.45) is 0. The van der Waals surface area contributed by atoms with Crippen LogP contribution in [0, 0.1) is 0 Å². The smallest absolute Gasteiger partial charge is 0.331 e. The average Bonchev–Trinajstić information content (AvgIpc) is 2.89. The molecular formula is C24H24Br3N3O3. The lowest BCUT2D eigenvalue weighted by Gasteiger charge is -2.09. The highest BCUT2D eigenvalue weighted by atomic mass is 79.9. The second kappa shape index (κ2) is 18.0. The first-order valence-electron chi connectivity index (χ1n) is 9.43. The van der Waals surface area contributed by atoms with Crippen LogP contribution in [0.3, 0.4) is 0 Å². The zero-order valence-corrected chi connectivity index (χ0v) is 23.1. The van der Waals surface area contributed by atoms with E-state index in [1.54, 1.807) is 36.4 Å². The van der Waals surface area contributed by atoms with Gasteiger partial charge in [0.25, 0.3) is 0 Å². The maximum Gasteiger partial charge on any atom is 0.331 e. The number of rotatable bonds is 6. The van der Waals surface area contributed by atoms with Crippen LogP contribution >= 0.6 is 47.8 Å². The number of hydrogen-bond acceptors (Lipinski definition) is 6. The van der Waals surface area contributed by atoms with Crippen molar-refractivity contribution in [3.63, 3.8) is 0 Å². The molecule has 0 radical (unpaired) electrons. The fraction of sp³-hybridized carbons (Fsp3) is 0.125. The average molecular weight is 642 g/mol. The van der Waals surface area contributed by atoms with E-state index in [0.29, 0.717) is 17.2 Å². The third-order valence-corrected chi connectivity index (χ3v) is 3.43. The maximum absolute atomic E-state index is 5.71. The van der Waals surface area contributed by atoms with E-state index in [9.17, 15) is 0 Å². The van der Waals surface area contributed by atoms with E-state index in [-0.39, 0.29) is 18.0 Å². The molecule has 0 bridgehead atoms. The van der Waals surface area contributed by atoms with Crippen molar-refractivity contribution >= 4 is 47.8 Å². The molecule has 0 atom stereocenters. The number of para-hydroxylation sites is 3. The van der Waals surface area contributed by atoms with Gasteiger partial charge in [-0.15, -0.1) is 15.0 Å². The van der Waals surface area contributed by atoms with Gasteiger partial charge < -0.3 is 14.2 Å². The monoisotopic (exact) mass is 639 g/mol. The van der Waals surface area contributed by atoms with Crippen LogP contribution in [0.4, 0.5) is 0 Å². The lowest BCUT2D eigenvalue weighted by Crippen LogP contribution is -2.01. The highest BCUT2D eigenvalue weighted by Gasteiger charge is 2.12. The summed E-state index contributed by atoms with van der Waals surface area (Å²) in [5, 5.41) is 0. The zero-order valence-electron chi connectivity index (χ0n) is 18.4. The Hall–Kier alpha value is -2.49. The molecule has 0 saturated carbocycles. The minimum absolute atomic E-state index is 0.0769. The Labute approximate surface area is 219 Å². The lowest BCUT2D eigenvalue weighted by molar-refractivity contribution is 0.362. The van der Waals surface area contributed by atoms with E-state index in [0.717, 1.165) is 0 Å². The standard InChI is InChI=1S/C21H15N3O3.3CH3Br/c1-4-10-16(11-5-1)25-19-22-20(26-17-12-6-2-7-13-17)24-21(23-19)27-18-14-8-3-9-15-18;3*1-2/h1-15H;3*1H3. The molecule has 1 heterocycles. The van der Waals surface area contributed by atoms with E-state index in [1.807, 2.05) is 72.1 Å². The van der Waals surface area contributed by atoms with Crippen LogP contribution in [0.25, 0.3) is 0 Å². The van der Waals surface area contributed by atoms with Crippen LogP contribution in [0.2, 0.25) is 0 Å². The Bertz CT molecular complexity index is 868. The molecule has 0 amide bonds. The Balaban J connectivity index is 0.000000841. The van der Waals surface area contributed by atoms with Gasteiger partial charge in [-0.3, -0.25) is 0 Å². The summed E-state index contributed by atoms with van der Waals surface area (Å²) >= 11 is 8.81. The fourth-order valence-electron chi connectivity index (χ4n) is 2.24. The molecule has 0 aliphatic heterocycles. The summed E-state index contributed by atoms with van der Waals surface area (Å²) in [6.45, 7) is 0. The quantitative estimate of drug-likeness (QED) is 0.197. The molecule has 0 fully saturated rings. The van der Waals surface area contributed by atoms with Gasteiger partial charge >= 0.3 is 18.0 Å². The molecule has 0 N–H and O–H groups in total. The van der Waals surface area contributed by atoms with E-state index in [4.69, 9.17) is 14.2 Å². The molecule has 0 spiro atoms. The number of alkyl halides is 3.